The van der Waals surface area contributed by atoms with Crippen molar-refractivity contribution in [3.63, 3.8) is 0 Å². The van der Waals surface area contributed by atoms with Crippen LogP contribution >= 0.6 is 0 Å². The first-order valence-corrected chi connectivity index (χ1v) is 10.0. The van der Waals surface area contributed by atoms with Crippen LogP contribution in [0.2, 0.25) is 0 Å². The third-order valence-electron chi connectivity index (χ3n) is 4.36. The predicted octanol–water partition coefficient (Wildman–Crippen LogP) is -4.67. The highest BCUT2D eigenvalue weighted by molar-refractivity contribution is 5.96. The molecule has 0 aromatic rings. The number of primary amides is 2. The van der Waals surface area contributed by atoms with E-state index in [1.54, 1.807) is 0 Å². The van der Waals surface area contributed by atoms with E-state index in [9.17, 15) is 38.4 Å². The number of carbonyl (C=O) groups excluding carboxylic acids is 5. The third-order valence-corrected chi connectivity index (χ3v) is 4.36. The van der Waals surface area contributed by atoms with Gasteiger partial charge >= 0.3 is 17.9 Å². The van der Waals surface area contributed by atoms with Gasteiger partial charge in [-0.25, -0.2) is 4.79 Å². The van der Waals surface area contributed by atoms with E-state index >= 15 is 0 Å². The maximum atomic E-state index is 12.7. The normalized spacial score (nSPS) is 13.9. The van der Waals surface area contributed by atoms with E-state index in [1.165, 1.54) is 0 Å². The van der Waals surface area contributed by atoms with Crippen LogP contribution in [0.1, 0.15) is 38.5 Å². The molecule has 0 rings (SSSR count). The lowest BCUT2D eigenvalue weighted by Gasteiger charge is -2.24. The molecule has 12 N–H and O–H groups in total. The van der Waals surface area contributed by atoms with Gasteiger partial charge in [-0.05, 0) is 12.8 Å². The largest absolute Gasteiger partial charge is 0.481 e. The van der Waals surface area contributed by atoms with Crippen molar-refractivity contribution < 1.29 is 53.7 Å². The lowest BCUT2D eigenvalue weighted by atomic mass is 10.1. The van der Waals surface area contributed by atoms with Crippen molar-refractivity contribution in [2.45, 2.75) is 62.7 Å². The Hall–Kier alpha value is -4.28. The molecule has 0 aliphatic heterocycles. The van der Waals surface area contributed by atoms with Crippen molar-refractivity contribution in [3.05, 3.63) is 0 Å². The summed E-state index contributed by atoms with van der Waals surface area (Å²) >= 11 is 0. The Kier molecular flexibility index (Phi) is 13.0. The van der Waals surface area contributed by atoms with Crippen molar-refractivity contribution in [1.82, 2.24) is 16.0 Å². The van der Waals surface area contributed by atoms with Crippen molar-refractivity contribution in [1.29, 1.82) is 0 Å². The molecule has 0 spiro atoms. The molecule has 0 saturated carbocycles. The van der Waals surface area contributed by atoms with Crippen LogP contribution in [0.25, 0.3) is 0 Å². The minimum Gasteiger partial charge on any atom is -0.481 e. The topological polar surface area (TPSA) is 311 Å². The monoisotopic (exact) mass is 504 g/mol. The van der Waals surface area contributed by atoms with E-state index < -0.39 is 90.9 Å². The molecular weight excluding hydrogens is 476 g/mol. The summed E-state index contributed by atoms with van der Waals surface area (Å²) in [5.41, 5.74) is 15.6. The Bertz CT molecular complexity index is 862. The predicted molar refractivity (Wildman–Crippen MR) is 113 cm³/mol. The quantitative estimate of drug-likeness (QED) is 0.0902. The zero-order valence-corrected chi connectivity index (χ0v) is 18.4. The fraction of sp³-hybridized carbons (Fsp3) is 0.556. The molecule has 0 aliphatic carbocycles. The van der Waals surface area contributed by atoms with Crippen LogP contribution in [-0.4, -0.2) is 86.9 Å². The van der Waals surface area contributed by atoms with E-state index in [0.29, 0.717) is 0 Å². The van der Waals surface area contributed by atoms with Gasteiger partial charge in [0.05, 0.1) is 18.9 Å². The molecule has 0 heterocycles. The van der Waals surface area contributed by atoms with E-state index in [0.717, 1.165) is 0 Å². The summed E-state index contributed by atoms with van der Waals surface area (Å²) in [5, 5.41) is 32.9. The van der Waals surface area contributed by atoms with Crippen LogP contribution in [0, 0.1) is 0 Å². The molecule has 0 saturated heterocycles. The van der Waals surface area contributed by atoms with Crippen molar-refractivity contribution in [3.8, 4) is 0 Å². The van der Waals surface area contributed by atoms with Gasteiger partial charge < -0.3 is 48.5 Å². The maximum absolute atomic E-state index is 12.7. The Morgan fingerprint density at radius 1 is 0.600 bits per heavy atom. The summed E-state index contributed by atoms with van der Waals surface area (Å²) in [6.07, 6.45) is -3.27. The summed E-state index contributed by atoms with van der Waals surface area (Å²) < 4.78 is 0. The van der Waals surface area contributed by atoms with Crippen LogP contribution in [0.15, 0.2) is 0 Å². The highest BCUT2D eigenvalue weighted by Crippen LogP contribution is 2.04. The van der Waals surface area contributed by atoms with Crippen LogP contribution in [-0.2, 0) is 38.4 Å². The number of rotatable bonds is 17. The molecule has 196 valence electrons. The fourth-order valence-electron chi connectivity index (χ4n) is 2.57. The van der Waals surface area contributed by atoms with Gasteiger partial charge in [-0.3, -0.25) is 33.6 Å². The number of aliphatic carboxylic acids is 3. The number of nitrogens with one attached hydrogen (secondary N) is 3. The number of carbonyl (C=O) groups is 8. The first-order valence-electron chi connectivity index (χ1n) is 10.0. The summed E-state index contributed by atoms with van der Waals surface area (Å²) in [7, 11) is 0. The second kappa shape index (κ2) is 14.8. The van der Waals surface area contributed by atoms with Crippen LogP contribution < -0.4 is 33.2 Å². The lowest BCUT2D eigenvalue weighted by Crippen LogP contribution is -2.57. The molecular formula is C18H28N6O11. The number of hydrogen-bond donors (Lipinski definition) is 9. The SMILES string of the molecule is NC(=O)CCC(N)C(=O)NC(CCC(N)=O)C(=O)NC(CC(=O)O)C(=O)NC(CC(=O)O)C(=O)O. The first-order chi connectivity index (χ1) is 16.1. The van der Waals surface area contributed by atoms with Crippen molar-refractivity contribution in [2.75, 3.05) is 0 Å². The van der Waals surface area contributed by atoms with Gasteiger partial charge in [0.2, 0.25) is 29.5 Å². The van der Waals surface area contributed by atoms with Crippen LogP contribution in [0.3, 0.4) is 0 Å². The molecule has 0 radical (unpaired) electrons. The second-order valence-electron chi connectivity index (χ2n) is 7.33. The Balaban J connectivity index is 5.59. The average Bonchev–Trinajstić information content (AvgIpc) is 2.72. The Morgan fingerprint density at radius 2 is 1.00 bits per heavy atom. The molecule has 0 aromatic heterocycles. The van der Waals surface area contributed by atoms with Gasteiger partial charge in [-0.2, -0.15) is 0 Å². The fourth-order valence-corrected chi connectivity index (χ4v) is 2.57. The molecule has 4 unspecified atom stereocenters. The standard InChI is InChI=1S/C18H28N6O11/c19-7(1-3-11(20)25)15(31)22-8(2-4-12(21)26)16(32)23-9(5-13(27)28)17(33)24-10(18(34)35)6-14(29)30/h7-10H,1-6,19H2,(H2,20,25)(H2,21,26)(H,22,31)(H,23,32)(H,24,33)(H,27,28)(H,29,30)(H,34,35). The molecule has 17 nitrogen and oxygen atoms in total. The van der Waals surface area contributed by atoms with E-state index in [1.807, 2.05) is 10.6 Å². The summed E-state index contributed by atoms with van der Waals surface area (Å²) in [6, 6.07) is -6.63. The molecule has 17 heteroatoms. The molecule has 0 aromatic carbocycles. The number of hydrogen-bond acceptors (Lipinski definition) is 9. The van der Waals surface area contributed by atoms with Crippen LogP contribution in [0.4, 0.5) is 0 Å². The van der Waals surface area contributed by atoms with E-state index in [2.05, 4.69) is 5.32 Å². The van der Waals surface area contributed by atoms with Gasteiger partial charge in [0.25, 0.3) is 0 Å². The Morgan fingerprint density at radius 3 is 1.46 bits per heavy atom. The zero-order valence-electron chi connectivity index (χ0n) is 18.4. The first kappa shape index (κ1) is 30.7. The highest BCUT2D eigenvalue weighted by atomic mass is 16.4. The van der Waals surface area contributed by atoms with Gasteiger partial charge in [-0.15, -0.1) is 0 Å². The number of nitrogens with two attached hydrogens (primary N) is 3. The average molecular weight is 504 g/mol. The summed E-state index contributed by atoms with van der Waals surface area (Å²) in [4.78, 5) is 92.4. The lowest BCUT2D eigenvalue weighted by molar-refractivity contribution is -0.148. The molecule has 0 fully saturated rings. The molecule has 5 amide bonds. The van der Waals surface area contributed by atoms with Crippen LogP contribution in [0.5, 0.6) is 0 Å². The van der Waals surface area contributed by atoms with E-state index in [-0.39, 0.29) is 19.3 Å². The molecule has 4 atom stereocenters. The minimum absolute atomic E-state index is 0.171. The zero-order chi connectivity index (χ0) is 27.3. The number of amides is 5. The number of carboxylic acids is 3. The highest BCUT2D eigenvalue weighted by Gasteiger charge is 2.32. The van der Waals surface area contributed by atoms with E-state index in [4.69, 9.17) is 32.5 Å². The smallest absolute Gasteiger partial charge is 0.326 e. The number of carboxylic acid groups (broad SMARTS) is 3. The summed E-state index contributed by atoms with van der Waals surface area (Å²) in [5.74, 6) is -9.87. The molecule has 35 heavy (non-hydrogen) atoms. The van der Waals surface area contributed by atoms with Crippen molar-refractivity contribution in [2.24, 2.45) is 17.2 Å². The third kappa shape index (κ3) is 13.1. The van der Waals surface area contributed by atoms with Gasteiger partial charge in [0, 0.05) is 12.8 Å². The van der Waals surface area contributed by atoms with Gasteiger partial charge in [0.1, 0.15) is 18.1 Å². The minimum atomic E-state index is -1.93. The second-order valence-corrected chi connectivity index (χ2v) is 7.33. The van der Waals surface area contributed by atoms with Gasteiger partial charge in [-0.1, -0.05) is 0 Å². The molecule has 0 bridgehead atoms. The summed E-state index contributed by atoms with van der Waals surface area (Å²) in [6.45, 7) is 0. The molecule has 0 aliphatic rings. The van der Waals surface area contributed by atoms with Gasteiger partial charge in [0.15, 0.2) is 0 Å². The maximum Gasteiger partial charge on any atom is 0.326 e. The van der Waals surface area contributed by atoms with Crippen molar-refractivity contribution >= 4 is 47.4 Å². The Labute approximate surface area is 197 Å².